The molecule has 2 aromatic rings. The van der Waals surface area contributed by atoms with E-state index in [1.807, 2.05) is 31.2 Å². The van der Waals surface area contributed by atoms with Gasteiger partial charge in [-0.05, 0) is 55.5 Å². The molecule has 0 radical (unpaired) electrons. The Balaban J connectivity index is 1.52. The Hall–Kier alpha value is -2.76. The summed E-state index contributed by atoms with van der Waals surface area (Å²) in [5.41, 5.74) is 1.72. The minimum atomic E-state index is -0.318. The van der Waals surface area contributed by atoms with Crippen LogP contribution in [0.5, 0.6) is 5.75 Å². The summed E-state index contributed by atoms with van der Waals surface area (Å²) in [4.78, 5) is 16.3. The molecule has 1 N–H and O–H groups in total. The molecule has 132 valence electrons. The molecule has 5 nitrogen and oxygen atoms in total. The van der Waals surface area contributed by atoms with Crippen LogP contribution in [0.3, 0.4) is 0 Å². The second-order valence-electron chi connectivity index (χ2n) is 5.84. The van der Waals surface area contributed by atoms with Gasteiger partial charge in [-0.25, -0.2) is 9.18 Å². The molecule has 1 aliphatic heterocycles. The molecular weight excluding hydrogens is 321 g/mol. The third kappa shape index (κ3) is 4.41. The van der Waals surface area contributed by atoms with E-state index < -0.39 is 0 Å². The molecule has 0 saturated carbocycles. The van der Waals surface area contributed by atoms with Crippen LogP contribution >= 0.6 is 0 Å². The number of carbonyl (C=O) groups is 1. The van der Waals surface area contributed by atoms with Crippen LogP contribution in [-0.2, 0) is 0 Å². The smallest absolute Gasteiger partial charge is 0.321 e. The fraction of sp³-hybridized carbons (Fsp3) is 0.316. The van der Waals surface area contributed by atoms with Gasteiger partial charge in [0.2, 0.25) is 0 Å². The molecule has 0 bridgehead atoms. The highest BCUT2D eigenvalue weighted by molar-refractivity contribution is 5.89. The highest BCUT2D eigenvalue weighted by Crippen LogP contribution is 2.21. The molecule has 0 aromatic heterocycles. The first kappa shape index (κ1) is 17.1. The fourth-order valence-corrected chi connectivity index (χ4v) is 2.82. The van der Waals surface area contributed by atoms with Gasteiger partial charge in [0.25, 0.3) is 0 Å². The number of hydrogen-bond acceptors (Lipinski definition) is 3. The first-order chi connectivity index (χ1) is 12.2. The Kier molecular flexibility index (Phi) is 5.38. The Morgan fingerprint density at radius 2 is 1.68 bits per heavy atom. The topological polar surface area (TPSA) is 44.8 Å². The van der Waals surface area contributed by atoms with E-state index in [-0.39, 0.29) is 11.8 Å². The summed E-state index contributed by atoms with van der Waals surface area (Å²) >= 11 is 0. The van der Waals surface area contributed by atoms with E-state index in [0.717, 1.165) is 24.5 Å². The van der Waals surface area contributed by atoms with Gasteiger partial charge in [0, 0.05) is 37.6 Å². The number of urea groups is 1. The zero-order valence-electron chi connectivity index (χ0n) is 14.2. The van der Waals surface area contributed by atoms with Gasteiger partial charge in [-0.2, -0.15) is 0 Å². The monoisotopic (exact) mass is 343 g/mol. The van der Waals surface area contributed by atoms with Crippen molar-refractivity contribution in [3.05, 3.63) is 54.3 Å². The SMILES string of the molecule is CCOc1ccc(N2CCN(C(=O)Nc3ccc(F)cc3)CC2)cc1. The van der Waals surface area contributed by atoms with Crippen LogP contribution in [0.4, 0.5) is 20.6 Å². The van der Waals surface area contributed by atoms with Crippen LogP contribution in [0, 0.1) is 5.82 Å². The Morgan fingerprint density at radius 1 is 1.04 bits per heavy atom. The first-order valence-corrected chi connectivity index (χ1v) is 8.45. The zero-order valence-corrected chi connectivity index (χ0v) is 14.2. The molecule has 0 aliphatic carbocycles. The number of amides is 2. The van der Waals surface area contributed by atoms with Crippen molar-refractivity contribution in [2.45, 2.75) is 6.92 Å². The quantitative estimate of drug-likeness (QED) is 0.923. The molecule has 1 saturated heterocycles. The van der Waals surface area contributed by atoms with E-state index in [2.05, 4.69) is 10.2 Å². The number of nitrogens with zero attached hydrogens (tertiary/aromatic N) is 2. The van der Waals surface area contributed by atoms with Crippen LogP contribution in [0.2, 0.25) is 0 Å². The fourth-order valence-electron chi connectivity index (χ4n) is 2.82. The maximum atomic E-state index is 12.9. The Morgan fingerprint density at radius 3 is 2.28 bits per heavy atom. The van der Waals surface area contributed by atoms with Crippen molar-refractivity contribution >= 4 is 17.4 Å². The second-order valence-corrected chi connectivity index (χ2v) is 5.84. The number of anilines is 2. The van der Waals surface area contributed by atoms with Gasteiger partial charge in [-0.15, -0.1) is 0 Å². The average Bonchev–Trinajstić information content (AvgIpc) is 2.65. The largest absolute Gasteiger partial charge is 0.494 e. The summed E-state index contributed by atoms with van der Waals surface area (Å²) in [5, 5.41) is 2.80. The van der Waals surface area contributed by atoms with Gasteiger partial charge in [0.15, 0.2) is 0 Å². The van der Waals surface area contributed by atoms with Crippen LogP contribution in [0.1, 0.15) is 6.92 Å². The van der Waals surface area contributed by atoms with Gasteiger partial charge in [0.1, 0.15) is 11.6 Å². The maximum absolute atomic E-state index is 12.9. The van der Waals surface area contributed by atoms with Gasteiger partial charge in [-0.3, -0.25) is 0 Å². The summed E-state index contributed by atoms with van der Waals surface area (Å²) in [6.07, 6.45) is 0. The van der Waals surface area contributed by atoms with Gasteiger partial charge >= 0.3 is 6.03 Å². The summed E-state index contributed by atoms with van der Waals surface area (Å²) in [6.45, 7) is 5.43. The van der Waals surface area contributed by atoms with Crippen LogP contribution in [0.15, 0.2) is 48.5 Å². The third-order valence-electron chi connectivity index (χ3n) is 4.18. The van der Waals surface area contributed by atoms with Crippen molar-refractivity contribution in [3.8, 4) is 5.75 Å². The Bertz CT molecular complexity index is 696. The summed E-state index contributed by atoms with van der Waals surface area (Å²) in [6, 6.07) is 13.6. The lowest BCUT2D eigenvalue weighted by Gasteiger charge is -2.36. The van der Waals surface area contributed by atoms with E-state index in [1.54, 1.807) is 17.0 Å². The molecule has 1 heterocycles. The van der Waals surface area contributed by atoms with Crippen molar-refractivity contribution < 1.29 is 13.9 Å². The number of carbonyl (C=O) groups excluding carboxylic acids is 1. The number of piperazine rings is 1. The molecule has 1 fully saturated rings. The summed E-state index contributed by atoms with van der Waals surface area (Å²) in [7, 11) is 0. The van der Waals surface area contributed by atoms with Crippen LogP contribution < -0.4 is 15.0 Å². The molecule has 1 aliphatic rings. The normalized spacial score (nSPS) is 14.3. The molecule has 0 atom stereocenters. The third-order valence-corrected chi connectivity index (χ3v) is 4.18. The molecule has 0 spiro atoms. The molecule has 2 aromatic carbocycles. The molecule has 0 unspecified atom stereocenters. The second kappa shape index (κ2) is 7.88. The Labute approximate surface area is 147 Å². The minimum Gasteiger partial charge on any atom is -0.494 e. The first-order valence-electron chi connectivity index (χ1n) is 8.45. The summed E-state index contributed by atoms with van der Waals surface area (Å²) < 4.78 is 18.4. The van der Waals surface area contributed by atoms with E-state index in [0.29, 0.717) is 25.4 Å². The van der Waals surface area contributed by atoms with Gasteiger partial charge in [0.05, 0.1) is 6.61 Å². The van der Waals surface area contributed by atoms with Gasteiger partial charge < -0.3 is 19.9 Å². The van der Waals surface area contributed by atoms with Crippen molar-refractivity contribution in [1.29, 1.82) is 0 Å². The number of rotatable bonds is 4. The molecular formula is C19H22FN3O2. The predicted molar refractivity (Wildman–Crippen MR) is 96.8 cm³/mol. The number of hydrogen-bond donors (Lipinski definition) is 1. The minimum absolute atomic E-state index is 0.155. The maximum Gasteiger partial charge on any atom is 0.321 e. The van der Waals surface area contributed by atoms with Crippen LogP contribution in [0.25, 0.3) is 0 Å². The number of benzene rings is 2. The number of ether oxygens (including phenoxy) is 1. The zero-order chi connectivity index (χ0) is 17.6. The van der Waals surface area contributed by atoms with Crippen molar-refractivity contribution in [3.63, 3.8) is 0 Å². The standard InChI is InChI=1S/C19H22FN3O2/c1-2-25-18-9-7-17(8-10-18)22-11-13-23(14-12-22)19(24)21-16-5-3-15(20)4-6-16/h3-10H,2,11-14H2,1H3,(H,21,24). The number of nitrogens with one attached hydrogen (secondary N) is 1. The predicted octanol–water partition coefficient (Wildman–Crippen LogP) is 3.58. The number of halogens is 1. The molecule has 6 heteroatoms. The molecule has 3 rings (SSSR count). The molecule has 2 amide bonds. The lowest BCUT2D eigenvalue weighted by Crippen LogP contribution is -2.50. The summed E-state index contributed by atoms with van der Waals surface area (Å²) in [5.74, 6) is 0.547. The highest BCUT2D eigenvalue weighted by atomic mass is 19.1. The van der Waals surface area contributed by atoms with E-state index in [1.165, 1.54) is 12.1 Å². The van der Waals surface area contributed by atoms with E-state index in [4.69, 9.17) is 4.74 Å². The average molecular weight is 343 g/mol. The molecule has 25 heavy (non-hydrogen) atoms. The lowest BCUT2D eigenvalue weighted by molar-refractivity contribution is 0.208. The van der Waals surface area contributed by atoms with Crippen molar-refractivity contribution in [2.75, 3.05) is 43.0 Å². The van der Waals surface area contributed by atoms with Crippen molar-refractivity contribution in [2.24, 2.45) is 0 Å². The lowest BCUT2D eigenvalue weighted by atomic mass is 10.2. The van der Waals surface area contributed by atoms with E-state index in [9.17, 15) is 9.18 Å². The van der Waals surface area contributed by atoms with Crippen LogP contribution in [-0.4, -0.2) is 43.7 Å². The highest BCUT2D eigenvalue weighted by Gasteiger charge is 2.21. The van der Waals surface area contributed by atoms with E-state index >= 15 is 0 Å². The van der Waals surface area contributed by atoms with Crippen molar-refractivity contribution in [1.82, 2.24) is 4.90 Å². The van der Waals surface area contributed by atoms with Gasteiger partial charge in [-0.1, -0.05) is 0 Å².